The van der Waals surface area contributed by atoms with Crippen molar-refractivity contribution in [3.63, 3.8) is 0 Å². The SMILES string of the molecule is Cc1nc(SCC(=O)N(CC2CCCO2)C2CCS(=O)(=O)C2)c2ccccc2n1. The first kappa shape index (κ1) is 20.6. The van der Waals surface area contributed by atoms with Crippen LogP contribution in [0.25, 0.3) is 10.9 Å². The summed E-state index contributed by atoms with van der Waals surface area (Å²) in [6.45, 7) is 3.01. The van der Waals surface area contributed by atoms with E-state index in [0.717, 1.165) is 28.8 Å². The van der Waals surface area contributed by atoms with Crippen LogP contribution in [-0.4, -0.2) is 71.7 Å². The maximum absolute atomic E-state index is 13.1. The molecule has 0 saturated carbocycles. The van der Waals surface area contributed by atoms with E-state index in [1.54, 1.807) is 4.90 Å². The molecule has 9 heteroatoms. The number of hydrogen-bond donors (Lipinski definition) is 0. The Kier molecular flexibility index (Phi) is 6.08. The molecule has 29 heavy (non-hydrogen) atoms. The van der Waals surface area contributed by atoms with Crippen LogP contribution in [0.3, 0.4) is 0 Å². The summed E-state index contributed by atoms with van der Waals surface area (Å²) in [5.41, 5.74) is 0.855. The standard InChI is InChI=1S/C20H25N3O4S2/c1-14-21-18-7-3-2-6-17(18)20(22-14)28-12-19(24)23(11-16-5-4-9-27-16)15-8-10-29(25,26)13-15/h2-3,6-7,15-16H,4-5,8-13H2,1H3. The van der Waals surface area contributed by atoms with Gasteiger partial charge in [-0.15, -0.1) is 0 Å². The number of carbonyl (C=O) groups excluding carboxylic acids is 1. The largest absolute Gasteiger partial charge is 0.376 e. The zero-order valence-corrected chi connectivity index (χ0v) is 18.0. The molecule has 2 aromatic rings. The number of rotatable bonds is 6. The summed E-state index contributed by atoms with van der Waals surface area (Å²) in [6.07, 6.45) is 2.39. The Morgan fingerprint density at radius 1 is 1.28 bits per heavy atom. The predicted octanol–water partition coefficient (Wildman–Crippen LogP) is 2.23. The lowest BCUT2D eigenvalue weighted by molar-refractivity contribution is -0.131. The Labute approximate surface area is 175 Å². The molecule has 7 nitrogen and oxygen atoms in total. The molecule has 2 unspecified atom stereocenters. The average molecular weight is 436 g/mol. The van der Waals surface area contributed by atoms with Crippen LogP contribution in [0.5, 0.6) is 0 Å². The molecule has 156 valence electrons. The molecule has 1 aromatic carbocycles. The summed E-state index contributed by atoms with van der Waals surface area (Å²) in [6, 6.07) is 7.48. The molecule has 2 atom stereocenters. The Morgan fingerprint density at radius 2 is 2.10 bits per heavy atom. The second kappa shape index (κ2) is 8.57. The van der Waals surface area contributed by atoms with E-state index >= 15 is 0 Å². The highest BCUT2D eigenvalue weighted by Crippen LogP contribution is 2.27. The minimum Gasteiger partial charge on any atom is -0.376 e. The van der Waals surface area contributed by atoms with Gasteiger partial charge >= 0.3 is 0 Å². The van der Waals surface area contributed by atoms with Gasteiger partial charge in [0.1, 0.15) is 10.9 Å². The van der Waals surface area contributed by atoms with Gasteiger partial charge in [-0.1, -0.05) is 30.0 Å². The molecule has 0 spiro atoms. The Bertz CT molecular complexity index is 1010. The van der Waals surface area contributed by atoms with Gasteiger partial charge in [0.25, 0.3) is 0 Å². The first-order valence-electron chi connectivity index (χ1n) is 9.89. The van der Waals surface area contributed by atoms with Crippen LogP contribution < -0.4 is 0 Å². The van der Waals surface area contributed by atoms with Crippen molar-refractivity contribution in [1.82, 2.24) is 14.9 Å². The summed E-state index contributed by atoms with van der Waals surface area (Å²) in [5.74, 6) is 1.01. The van der Waals surface area contributed by atoms with Gasteiger partial charge in [-0.25, -0.2) is 18.4 Å². The molecule has 2 fully saturated rings. The maximum atomic E-state index is 13.1. The minimum absolute atomic E-state index is 0.00520. The van der Waals surface area contributed by atoms with E-state index < -0.39 is 9.84 Å². The zero-order valence-electron chi connectivity index (χ0n) is 16.4. The van der Waals surface area contributed by atoms with E-state index in [9.17, 15) is 13.2 Å². The Hall–Kier alpha value is -1.71. The van der Waals surface area contributed by atoms with Gasteiger partial charge < -0.3 is 9.64 Å². The number of amides is 1. The van der Waals surface area contributed by atoms with E-state index in [0.29, 0.717) is 25.4 Å². The lowest BCUT2D eigenvalue weighted by Crippen LogP contribution is -2.46. The lowest BCUT2D eigenvalue weighted by Gasteiger charge is -2.30. The highest BCUT2D eigenvalue weighted by atomic mass is 32.2. The minimum atomic E-state index is -3.07. The van der Waals surface area contributed by atoms with Crippen molar-refractivity contribution in [2.75, 3.05) is 30.4 Å². The number of carbonyl (C=O) groups is 1. The van der Waals surface area contributed by atoms with Crippen molar-refractivity contribution in [1.29, 1.82) is 0 Å². The van der Waals surface area contributed by atoms with E-state index in [-0.39, 0.29) is 35.3 Å². The summed E-state index contributed by atoms with van der Waals surface area (Å²) in [5, 5.41) is 1.70. The molecular weight excluding hydrogens is 410 g/mol. The van der Waals surface area contributed by atoms with Crippen molar-refractivity contribution in [3.05, 3.63) is 30.1 Å². The van der Waals surface area contributed by atoms with E-state index in [2.05, 4.69) is 9.97 Å². The second-order valence-corrected chi connectivity index (χ2v) is 10.8. The number of fused-ring (bicyclic) bond motifs is 1. The van der Waals surface area contributed by atoms with Gasteiger partial charge in [0.05, 0.1) is 28.9 Å². The lowest BCUT2D eigenvalue weighted by atomic mass is 10.1. The molecule has 2 aliphatic rings. The van der Waals surface area contributed by atoms with Gasteiger partial charge in [-0.05, 0) is 32.3 Å². The number of hydrogen-bond acceptors (Lipinski definition) is 7. The number of aryl methyl sites for hydroxylation is 1. The molecule has 4 rings (SSSR count). The van der Waals surface area contributed by atoms with Crippen LogP contribution in [0.1, 0.15) is 25.1 Å². The number of benzene rings is 1. The van der Waals surface area contributed by atoms with Gasteiger partial charge in [-0.3, -0.25) is 4.79 Å². The molecule has 0 N–H and O–H groups in total. The molecule has 1 amide bonds. The van der Waals surface area contributed by atoms with Crippen molar-refractivity contribution in [2.45, 2.75) is 43.4 Å². The summed E-state index contributed by atoms with van der Waals surface area (Å²) in [4.78, 5) is 23.8. The van der Waals surface area contributed by atoms with Crippen LogP contribution in [0.2, 0.25) is 0 Å². The van der Waals surface area contributed by atoms with E-state index in [4.69, 9.17) is 4.74 Å². The van der Waals surface area contributed by atoms with E-state index in [1.807, 2.05) is 31.2 Å². The fourth-order valence-corrected chi connectivity index (χ4v) is 6.65. The van der Waals surface area contributed by atoms with Crippen LogP contribution in [0.4, 0.5) is 0 Å². The number of nitrogens with zero attached hydrogens (tertiary/aromatic N) is 3. The first-order valence-corrected chi connectivity index (χ1v) is 12.7. The fraction of sp³-hybridized carbons (Fsp3) is 0.550. The molecule has 0 radical (unpaired) electrons. The Morgan fingerprint density at radius 3 is 2.83 bits per heavy atom. The second-order valence-electron chi connectivity index (χ2n) is 7.62. The topological polar surface area (TPSA) is 89.5 Å². The zero-order chi connectivity index (χ0) is 20.4. The molecule has 3 heterocycles. The molecule has 1 aromatic heterocycles. The van der Waals surface area contributed by atoms with Gasteiger partial charge in [0.15, 0.2) is 9.84 Å². The van der Waals surface area contributed by atoms with Crippen LogP contribution in [-0.2, 0) is 19.4 Å². The Balaban J connectivity index is 1.50. The highest BCUT2D eigenvalue weighted by Gasteiger charge is 2.36. The number of ether oxygens (including phenoxy) is 1. The number of para-hydroxylation sites is 1. The van der Waals surface area contributed by atoms with Crippen LogP contribution in [0.15, 0.2) is 29.3 Å². The van der Waals surface area contributed by atoms with Gasteiger partial charge in [0, 0.05) is 24.6 Å². The van der Waals surface area contributed by atoms with Gasteiger partial charge in [-0.2, -0.15) is 0 Å². The molecule has 0 bridgehead atoms. The van der Waals surface area contributed by atoms with Crippen molar-refractivity contribution < 1.29 is 17.9 Å². The molecule has 2 saturated heterocycles. The summed E-state index contributed by atoms with van der Waals surface area (Å²) >= 11 is 1.38. The summed E-state index contributed by atoms with van der Waals surface area (Å²) < 4.78 is 29.7. The molecule has 0 aliphatic carbocycles. The maximum Gasteiger partial charge on any atom is 0.233 e. The summed E-state index contributed by atoms with van der Waals surface area (Å²) in [7, 11) is -3.07. The number of sulfone groups is 1. The smallest absolute Gasteiger partial charge is 0.233 e. The predicted molar refractivity (Wildman–Crippen MR) is 113 cm³/mol. The average Bonchev–Trinajstić information content (AvgIpc) is 3.32. The molecule has 2 aliphatic heterocycles. The van der Waals surface area contributed by atoms with Crippen LogP contribution in [0, 0.1) is 6.92 Å². The number of thioether (sulfide) groups is 1. The van der Waals surface area contributed by atoms with Crippen molar-refractivity contribution in [3.8, 4) is 0 Å². The van der Waals surface area contributed by atoms with Crippen molar-refractivity contribution >= 4 is 38.4 Å². The monoisotopic (exact) mass is 435 g/mol. The number of aromatic nitrogens is 2. The van der Waals surface area contributed by atoms with Gasteiger partial charge in [0.2, 0.25) is 5.91 Å². The normalized spacial score (nSPS) is 23.5. The highest BCUT2D eigenvalue weighted by molar-refractivity contribution is 8.00. The third kappa shape index (κ3) is 4.90. The third-order valence-electron chi connectivity index (χ3n) is 5.41. The van der Waals surface area contributed by atoms with E-state index in [1.165, 1.54) is 11.8 Å². The third-order valence-corrected chi connectivity index (χ3v) is 8.13. The quantitative estimate of drug-likeness (QED) is 0.508. The van der Waals surface area contributed by atoms with Crippen molar-refractivity contribution in [2.24, 2.45) is 0 Å². The van der Waals surface area contributed by atoms with Crippen LogP contribution >= 0.6 is 11.8 Å². The molecular formula is C20H25N3O4S2. The fourth-order valence-electron chi connectivity index (χ4n) is 3.96. The first-order chi connectivity index (χ1) is 13.9.